The van der Waals surface area contributed by atoms with Gasteiger partial charge in [-0.25, -0.2) is 4.39 Å². The van der Waals surface area contributed by atoms with Gasteiger partial charge in [0, 0.05) is 0 Å². The van der Waals surface area contributed by atoms with Crippen LogP contribution < -0.4 is 0 Å². The van der Waals surface area contributed by atoms with Crippen molar-refractivity contribution in [3.8, 4) is 0 Å². The summed E-state index contributed by atoms with van der Waals surface area (Å²) >= 11 is 0. The van der Waals surface area contributed by atoms with Gasteiger partial charge in [0.15, 0.2) is 6.17 Å². The summed E-state index contributed by atoms with van der Waals surface area (Å²) < 4.78 is 17.5. The summed E-state index contributed by atoms with van der Waals surface area (Å²) in [6.07, 6.45) is -3.88. The quantitative estimate of drug-likeness (QED) is 0.526. The molecule has 1 aliphatic rings. The van der Waals surface area contributed by atoms with Gasteiger partial charge >= 0.3 is 0 Å². The van der Waals surface area contributed by atoms with E-state index < -0.39 is 24.5 Å². The van der Waals surface area contributed by atoms with E-state index in [0.29, 0.717) is 0 Å². The Morgan fingerprint density at radius 2 is 2.20 bits per heavy atom. The van der Waals surface area contributed by atoms with E-state index in [0.717, 1.165) is 0 Å². The molecule has 0 aromatic rings. The van der Waals surface area contributed by atoms with Crippen molar-refractivity contribution in [2.75, 3.05) is 6.61 Å². The van der Waals surface area contributed by atoms with Crippen molar-refractivity contribution < 1.29 is 19.3 Å². The van der Waals surface area contributed by atoms with Gasteiger partial charge in [0.2, 0.25) is 0 Å². The van der Waals surface area contributed by atoms with Gasteiger partial charge in [0.25, 0.3) is 0 Å². The summed E-state index contributed by atoms with van der Waals surface area (Å²) in [4.78, 5) is 0. The summed E-state index contributed by atoms with van der Waals surface area (Å²) in [5.74, 6) is 0. The average Bonchev–Trinajstić information content (AvgIpc) is 2.17. The molecule has 3 nitrogen and oxygen atoms in total. The monoisotopic (exact) mass is 149 g/mol. The van der Waals surface area contributed by atoms with Crippen LogP contribution in [0.1, 0.15) is 6.92 Å². The summed E-state index contributed by atoms with van der Waals surface area (Å²) in [6.45, 7) is 1.20. The lowest BCUT2D eigenvalue weighted by Gasteiger charge is -2.09. The lowest BCUT2D eigenvalue weighted by atomic mass is 10.1. The van der Waals surface area contributed by atoms with Gasteiger partial charge < -0.3 is 14.9 Å². The Hall–Kier alpha value is -0.190. The van der Waals surface area contributed by atoms with Gasteiger partial charge in [0.05, 0.1) is 12.7 Å². The summed E-state index contributed by atoms with van der Waals surface area (Å²) in [7, 11) is 0. The molecule has 0 aromatic carbocycles. The zero-order chi connectivity index (χ0) is 7.72. The zero-order valence-electron chi connectivity index (χ0n) is 5.70. The van der Waals surface area contributed by atoms with Gasteiger partial charge in [-0.05, 0) is 6.92 Å². The van der Waals surface area contributed by atoms with Gasteiger partial charge in [-0.15, -0.1) is 0 Å². The minimum Gasteiger partial charge on any atom is -0.394 e. The van der Waals surface area contributed by atoms with E-state index in [2.05, 4.69) is 0 Å². The van der Waals surface area contributed by atoms with E-state index in [-0.39, 0.29) is 6.61 Å². The number of hydrogen-bond acceptors (Lipinski definition) is 3. The van der Waals surface area contributed by atoms with Crippen LogP contribution in [0, 0.1) is 0 Å². The minimum atomic E-state index is -1.36. The van der Waals surface area contributed by atoms with Gasteiger partial charge in [-0.3, -0.25) is 0 Å². The van der Waals surface area contributed by atoms with Crippen LogP contribution in [0.2, 0.25) is 0 Å². The molecule has 4 heteroatoms. The second kappa shape index (κ2) is 2.82. The number of hydrogen-bond donors (Lipinski definition) is 2. The van der Waals surface area contributed by atoms with Crippen LogP contribution >= 0.6 is 0 Å². The minimum absolute atomic E-state index is 0.327. The largest absolute Gasteiger partial charge is 0.394 e. The van der Waals surface area contributed by atoms with Gasteiger partial charge in [-0.1, -0.05) is 0 Å². The number of alkyl halides is 1. The molecule has 1 unspecified atom stereocenters. The Morgan fingerprint density at radius 3 is 2.40 bits per heavy atom. The molecule has 60 valence electrons. The number of aliphatic hydroxyl groups is 2. The van der Waals surface area contributed by atoms with Crippen molar-refractivity contribution in [3.63, 3.8) is 0 Å². The molecule has 4 atom stereocenters. The highest BCUT2D eigenvalue weighted by atomic mass is 18.2. The Kier molecular flexibility index (Phi) is 2.23. The topological polar surface area (TPSA) is 49.7 Å². The first-order valence-corrected chi connectivity index (χ1v) is 3.25. The van der Waals surface area contributed by atoms with E-state index >= 15 is 0 Å². The maximum absolute atomic E-state index is 12.7. The molecule has 1 saturated heterocycles. The maximum Gasteiger partial charge on any atom is 0.154 e. The highest BCUT2D eigenvalue weighted by Crippen LogP contribution is 2.22. The van der Waals surface area contributed by atoms with Crippen LogP contribution in [0.3, 0.4) is 0 Å². The first kappa shape index (κ1) is 7.91. The molecule has 0 radical (unpaired) electrons. The predicted octanol–water partition coefficient (Wildman–Crippen LogP) is -0.535. The number of aliphatic hydroxyl groups excluding tert-OH is 2. The van der Waals surface area contributed by atoms with Crippen molar-refractivity contribution in [1.29, 1.82) is 0 Å². The summed E-state index contributed by atoms with van der Waals surface area (Å²) in [6, 6.07) is 0. The highest BCUT2D eigenvalue weighted by Gasteiger charge is 2.40. The third-order valence-corrected chi connectivity index (χ3v) is 1.73. The Balaban J connectivity index is 2.53. The van der Waals surface area contributed by atoms with E-state index in [1.807, 2.05) is 0 Å². The van der Waals surface area contributed by atoms with Crippen LogP contribution in [0.4, 0.5) is 4.39 Å². The van der Waals surface area contributed by atoms with Crippen LogP contribution in [0.5, 0.6) is 0 Å². The predicted molar refractivity (Wildman–Crippen MR) is 32.3 cm³/mol. The molecule has 1 fully saturated rings. The smallest absolute Gasteiger partial charge is 0.154 e. The molecule has 0 spiro atoms. The zero-order valence-corrected chi connectivity index (χ0v) is 5.70. The fraction of sp³-hybridized carbons (Fsp3) is 1.00. The SMILES string of the molecule is C[C@@H]1O[C@H](CO)C(O)[C@H]1[18F]. The van der Waals surface area contributed by atoms with Crippen molar-refractivity contribution >= 4 is 0 Å². The van der Waals surface area contributed by atoms with Crippen molar-refractivity contribution in [2.24, 2.45) is 0 Å². The lowest BCUT2D eigenvalue weighted by Crippen LogP contribution is -2.30. The molecule has 0 bridgehead atoms. The first-order valence-electron chi connectivity index (χ1n) is 3.25. The molecule has 0 aliphatic carbocycles. The second-order valence-corrected chi connectivity index (χ2v) is 2.50. The highest BCUT2D eigenvalue weighted by molar-refractivity contribution is 4.88. The lowest BCUT2D eigenvalue weighted by molar-refractivity contribution is -0.0171. The standard InChI is InChI=1S/C6H11FO3/c1-3-5(7)6(9)4(2-8)10-3/h3-6,8-9H,2H2,1H3/t3-,4+,5-,6?/m0/s1/i7-1. The van der Waals surface area contributed by atoms with Crippen molar-refractivity contribution in [1.82, 2.24) is 0 Å². The van der Waals surface area contributed by atoms with Crippen molar-refractivity contribution in [3.05, 3.63) is 0 Å². The van der Waals surface area contributed by atoms with Crippen LogP contribution in [0.15, 0.2) is 0 Å². The molecular formula is C6H11FO3. The average molecular weight is 149 g/mol. The van der Waals surface area contributed by atoms with E-state index in [1.165, 1.54) is 6.92 Å². The molecule has 0 amide bonds. The number of ether oxygens (including phenoxy) is 1. The van der Waals surface area contributed by atoms with E-state index in [4.69, 9.17) is 14.9 Å². The number of rotatable bonds is 1. The molecule has 1 rings (SSSR count). The Morgan fingerprint density at radius 1 is 1.60 bits per heavy atom. The Labute approximate surface area is 58.4 Å². The summed E-state index contributed by atoms with van der Waals surface area (Å²) in [5, 5.41) is 17.5. The molecule has 1 aliphatic heterocycles. The van der Waals surface area contributed by atoms with Gasteiger partial charge in [-0.2, -0.15) is 0 Å². The fourth-order valence-corrected chi connectivity index (χ4v) is 1.07. The molecular weight excluding hydrogens is 138 g/mol. The van der Waals surface area contributed by atoms with Crippen LogP contribution in [-0.2, 0) is 4.74 Å². The normalized spacial score (nSPS) is 48.0. The molecule has 2 N–H and O–H groups in total. The number of halogens is 1. The Bertz CT molecular complexity index is 120. The molecule has 1 heterocycles. The summed E-state index contributed by atoms with van der Waals surface area (Å²) in [5.41, 5.74) is 0. The fourth-order valence-electron chi connectivity index (χ4n) is 1.07. The van der Waals surface area contributed by atoms with Crippen LogP contribution in [-0.4, -0.2) is 41.3 Å². The second-order valence-electron chi connectivity index (χ2n) is 2.50. The van der Waals surface area contributed by atoms with Gasteiger partial charge in [0.1, 0.15) is 12.2 Å². The molecule has 10 heavy (non-hydrogen) atoms. The first-order chi connectivity index (χ1) is 4.66. The maximum atomic E-state index is 12.7. The third kappa shape index (κ3) is 1.14. The third-order valence-electron chi connectivity index (χ3n) is 1.73. The van der Waals surface area contributed by atoms with Crippen molar-refractivity contribution in [2.45, 2.75) is 31.4 Å². The van der Waals surface area contributed by atoms with E-state index in [1.54, 1.807) is 0 Å². The van der Waals surface area contributed by atoms with Crippen LogP contribution in [0.25, 0.3) is 0 Å². The van der Waals surface area contributed by atoms with E-state index in [9.17, 15) is 4.39 Å². The molecule has 0 aromatic heterocycles. The molecule has 0 saturated carbocycles.